The highest BCUT2D eigenvalue weighted by molar-refractivity contribution is 9.11. The number of halogens is 5. The molecule has 3 N–H and O–H groups in total. The molecule has 0 amide bonds. The number of nitriles is 1. The third-order valence-corrected chi connectivity index (χ3v) is 4.91. The van der Waals surface area contributed by atoms with Crippen LogP contribution in [0.3, 0.4) is 0 Å². The van der Waals surface area contributed by atoms with Gasteiger partial charge >= 0.3 is 6.18 Å². The van der Waals surface area contributed by atoms with Crippen LogP contribution >= 0.6 is 31.9 Å². The Morgan fingerprint density at radius 2 is 2.11 bits per heavy atom. The van der Waals surface area contributed by atoms with Gasteiger partial charge in [0, 0.05) is 10.0 Å². The third-order valence-electron chi connectivity index (χ3n) is 3.86. The Kier molecular flexibility index (Phi) is 5.14. The molecule has 0 spiro atoms. The second-order valence-corrected chi connectivity index (χ2v) is 7.25. The first-order valence-electron chi connectivity index (χ1n) is 7.53. The summed E-state index contributed by atoms with van der Waals surface area (Å²) in [7, 11) is 0. The van der Waals surface area contributed by atoms with Crippen molar-refractivity contribution in [2.75, 3.05) is 6.61 Å². The Bertz CT molecular complexity index is 979. The summed E-state index contributed by atoms with van der Waals surface area (Å²) in [6.07, 6.45) is -4.73. The first-order chi connectivity index (χ1) is 12.7. The minimum atomic E-state index is -4.73. The summed E-state index contributed by atoms with van der Waals surface area (Å²) in [6.45, 7) is 2.00. The maximum atomic E-state index is 13.5. The Hall–Kier alpha value is -2.19. The van der Waals surface area contributed by atoms with Gasteiger partial charge in [0.1, 0.15) is 23.1 Å². The summed E-state index contributed by atoms with van der Waals surface area (Å²) in [5.74, 6) is -1.52. The van der Waals surface area contributed by atoms with Crippen LogP contribution in [0.5, 0.6) is 11.6 Å². The van der Waals surface area contributed by atoms with Gasteiger partial charge in [-0.05, 0) is 35.0 Å². The number of fused-ring (bicyclic) bond motifs is 1. The van der Waals surface area contributed by atoms with Crippen molar-refractivity contribution < 1.29 is 22.6 Å². The SMILES string of the molecule is CCOc1c(Br)cc(Br)cc1C1C(C#N)=C(N)Oc2n[nH]c(C(F)(F)F)c21. The third kappa shape index (κ3) is 3.39. The number of nitrogens with zero attached hydrogens (tertiary/aromatic N) is 2. The molecule has 142 valence electrons. The van der Waals surface area contributed by atoms with Crippen LogP contribution in [0.4, 0.5) is 13.2 Å². The van der Waals surface area contributed by atoms with E-state index in [0.717, 1.165) is 0 Å². The Balaban J connectivity index is 2.36. The largest absolute Gasteiger partial charge is 0.492 e. The first-order valence-corrected chi connectivity index (χ1v) is 9.12. The van der Waals surface area contributed by atoms with Crippen LogP contribution in [0.1, 0.15) is 29.7 Å². The molecule has 3 rings (SSSR count). The molecule has 0 fully saturated rings. The van der Waals surface area contributed by atoms with E-state index in [1.54, 1.807) is 19.1 Å². The number of hydrogen-bond donors (Lipinski definition) is 2. The van der Waals surface area contributed by atoms with Gasteiger partial charge in [0.25, 0.3) is 0 Å². The number of ether oxygens (including phenoxy) is 2. The monoisotopic (exact) mass is 506 g/mol. The molecular weight excluding hydrogens is 497 g/mol. The fourth-order valence-corrected chi connectivity index (χ4v) is 4.24. The molecule has 1 aliphatic heterocycles. The maximum absolute atomic E-state index is 13.5. The lowest BCUT2D eigenvalue weighted by atomic mass is 9.83. The van der Waals surface area contributed by atoms with Gasteiger partial charge in [0.15, 0.2) is 0 Å². The lowest BCUT2D eigenvalue weighted by Gasteiger charge is -2.26. The van der Waals surface area contributed by atoms with Gasteiger partial charge in [-0.1, -0.05) is 15.9 Å². The number of allylic oxidation sites excluding steroid dienone is 1. The van der Waals surface area contributed by atoms with E-state index < -0.39 is 17.8 Å². The fraction of sp³-hybridized carbons (Fsp3) is 0.250. The van der Waals surface area contributed by atoms with E-state index in [1.807, 2.05) is 11.2 Å². The van der Waals surface area contributed by atoms with E-state index in [0.29, 0.717) is 20.3 Å². The highest BCUT2D eigenvalue weighted by atomic mass is 79.9. The molecule has 2 aromatic rings. The predicted molar refractivity (Wildman–Crippen MR) is 95.9 cm³/mol. The van der Waals surface area contributed by atoms with Crippen molar-refractivity contribution >= 4 is 31.9 Å². The van der Waals surface area contributed by atoms with Crippen LogP contribution in [-0.2, 0) is 6.18 Å². The quantitative estimate of drug-likeness (QED) is 0.634. The number of rotatable bonds is 3. The van der Waals surface area contributed by atoms with Gasteiger partial charge in [0.2, 0.25) is 11.8 Å². The van der Waals surface area contributed by atoms with Crippen molar-refractivity contribution in [3.63, 3.8) is 0 Å². The highest BCUT2D eigenvalue weighted by Crippen LogP contribution is 2.50. The fourth-order valence-electron chi connectivity index (χ4n) is 2.86. The molecule has 0 bridgehead atoms. The minimum absolute atomic E-state index is 0.166. The van der Waals surface area contributed by atoms with E-state index in [2.05, 4.69) is 37.0 Å². The van der Waals surface area contributed by atoms with Crippen LogP contribution < -0.4 is 15.2 Å². The van der Waals surface area contributed by atoms with Crippen LogP contribution in [-0.4, -0.2) is 16.8 Å². The number of nitrogens with two attached hydrogens (primary N) is 1. The number of aromatic amines is 1. The molecule has 1 aromatic heterocycles. The van der Waals surface area contributed by atoms with Crippen molar-refractivity contribution in [2.24, 2.45) is 5.73 Å². The van der Waals surface area contributed by atoms with Gasteiger partial charge < -0.3 is 15.2 Å². The van der Waals surface area contributed by atoms with Crippen LogP contribution in [0.15, 0.2) is 32.5 Å². The Morgan fingerprint density at radius 3 is 2.70 bits per heavy atom. The predicted octanol–water partition coefficient (Wildman–Crippen LogP) is 4.57. The van der Waals surface area contributed by atoms with Crippen LogP contribution in [0.2, 0.25) is 0 Å². The molecule has 1 unspecified atom stereocenters. The summed E-state index contributed by atoms with van der Waals surface area (Å²) in [6, 6.07) is 5.12. The van der Waals surface area contributed by atoms with Gasteiger partial charge in [-0.3, -0.25) is 5.10 Å². The van der Waals surface area contributed by atoms with Gasteiger partial charge in [0.05, 0.1) is 22.6 Å². The van der Waals surface area contributed by atoms with Crippen LogP contribution in [0, 0.1) is 11.3 Å². The van der Waals surface area contributed by atoms with Crippen molar-refractivity contribution in [3.8, 4) is 17.7 Å². The minimum Gasteiger partial charge on any atom is -0.492 e. The number of benzene rings is 1. The van der Waals surface area contributed by atoms with Gasteiger partial charge in [-0.25, -0.2) is 0 Å². The molecule has 11 heteroatoms. The average molecular weight is 508 g/mol. The molecular formula is C16H11Br2F3N4O2. The molecule has 6 nitrogen and oxygen atoms in total. The molecule has 1 aliphatic rings. The van der Waals surface area contributed by atoms with Crippen molar-refractivity contribution in [2.45, 2.75) is 19.0 Å². The van der Waals surface area contributed by atoms with Crippen molar-refractivity contribution in [1.82, 2.24) is 10.2 Å². The number of H-pyrrole nitrogens is 1. The van der Waals surface area contributed by atoms with E-state index in [-0.39, 0.29) is 29.5 Å². The maximum Gasteiger partial charge on any atom is 0.433 e. The number of nitrogens with one attached hydrogen (secondary N) is 1. The lowest BCUT2D eigenvalue weighted by molar-refractivity contribution is -0.141. The zero-order valence-corrected chi connectivity index (χ0v) is 16.8. The van der Waals surface area contributed by atoms with Crippen LogP contribution in [0.25, 0.3) is 0 Å². The summed E-state index contributed by atoms with van der Waals surface area (Å²) < 4.78 is 52.4. The normalized spacial score (nSPS) is 16.6. The molecule has 1 atom stereocenters. The van der Waals surface area contributed by atoms with E-state index in [9.17, 15) is 18.4 Å². The van der Waals surface area contributed by atoms with E-state index in [4.69, 9.17) is 15.2 Å². The molecule has 0 aliphatic carbocycles. The molecule has 0 saturated heterocycles. The summed E-state index contributed by atoms with van der Waals surface area (Å²) in [5, 5.41) is 15.1. The zero-order chi connectivity index (χ0) is 19.9. The molecule has 27 heavy (non-hydrogen) atoms. The average Bonchev–Trinajstić information content (AvgIpc) is 2.99. The van der Waals surface area contributed by atoms with Crippen molar-refractivity contribution in [1.29, 1.82) is 5.26 Å². The standard InChI is InChI=1S/C16H11Br2F3N4O2/c1-2-26-12-7(3-6(17)4-9(12)18)10-8(5-22)14(23)27-15-11(10)13(24-25-15)16(19,20)21/h3-4,10H,2,23H2,1H3,(H,24,25). The highest BCUT2D eigenvalue weighted by Gasteiger charge is 2.45. The van der Waals surface area contributed by atoms with E-state index >= 15 is 0 Å². The summed E-state index contributed by atoms with van der Waals surface area (Å²) in [5.41, 5.74) is 4.50. The summed E-state index contributed by atoms with van der Waals surface area (Å²) >= 11 is 6.67. The molecule has 1 aromatic carbocycles. The zero-order valence-electron chi connectivity index (χ0n) is 13.6. The van der Waals surface area contributed by atoms with E-state index in [1.165, 1.54) is 0 Å². The lowest BCUT2D eigenvalue weighted by Crippen LogP contribution is -2.23. The molecule has 0 saturated carbocycles. The second kappa shape index (κ2) is 7.09. The second-order valence-electron chi connectivity index (χ2n) is 5.48. The van der Waals surface area contributed by atoms with Crippen molar-refractivity contribution in [3.05, 3.63) is 49.4 Å². The smallest absolute Gasteiger partial charge is 0.433 e. The Morgan fingerprint density at radius 1 is 1.41 bits per heavy atom. The molecule has 2 heterocycles. The number of alkyl halides is 3. The number of aromatic nitrogens is 2. The topological polar surface area (TPSA) is 96.9 Å². The van der Waals surface area contributed by atoms with Gasteiger partial charge in [-0.2, -0.15) is 18.4 Å². The number of hydrogen-bond acceptors (Lipinski definition) is 5. The summed E-state index contributed by atoms with van der Waals surface area (Å²) in [4.78, 5) is 0. The molecule has 0 radical (unpaired) electrons. The van der Waals surface area contributed by atoms with Gasteiger partial charge in [-0.15, -0.1) is 5.10 Å². The Labute approximate surface area is 168 Å². The first kappa shape index (κ1) is 19.6.